The highest BCUT2D eigenvalue weighted by molar-refractivity contribution is 6.33. The predicted molar refractivity (Wildman–Crippen MR) is 135 cm³/mol. The average Bonchev–Trinajstić information content (AvgIpc) is 3.57. The molecule has 2 aliphatic rings. The zero-order valence-electron chi connectivity index (χ0n) is 20.1. The van der Waals surface area contributed by atoms with Gasteiger partial charge in [0.25, 0.3) is 11.8 Å². The van der Waals surface area contributed by atoms with Gasteiger partial charge in [-0.25, -0.2) is 4.39 Å². The van der Waals surface area contributed by atoms with Gasteiger partial charge in [0.05, 0.1) is 16.6 Å². The van der Waals surface area contributed by atoms with Gasteiger partial charge >= 0.3 is 0 Å². The molecule has 2 saturated heterocycles. The van der Waals surface area contributed by atoms with Crippen molar-refractivity contribution in [3.8, 4) is 0 Å². The van der Waals surface area contributed by atoms with Crippen molar-refractivity contribution >= 4 is 23.4 Å². The maximum atomic E-state index is 14.2. The lowest BCUT2D eigenvalue weighted by Gasteiger charge is -2.25. The number of hydrogen-bond acceptors (Lipinski definition) is 4. The largest absolute Gasteiger partial charge is 0.344 e. The molecule has 0 spiro atoms. The van der Waals surface area contributed by atoms with E-state index >= 15 is 0 Å². The third kappa shape index (κ3) is 5.15. The van der Waals surface area contributed by atoms with Crippen LogP contribution in [0.4, 0.5) is 4.39 Å². The maximum absolute atomic E-state index is 14.2. The first-order valence-electron chi connectivity index (χ1n) is 12.2. The van der Waals surface area contributed by atoms with Gasteiger partial charge in [0, 0.05) is 46.0 Å². The van der Waals surface area contributed by atoms with Crippen LogP contribution in [0, 0.1) is 17.7 Å². The number of likely N-dealkylation sites (tertiary alicyclic amines) is 2. The molecule has 5 rings (SSSR count). The number of carbonyl (C=O) groups excluding carboxylic acids is 2. The van der Waals surface area contributed by atoms with Crippen molar-refractivity contribution in [3.63, 3.8) is 0 Å². The van der Waals surface area contributed by atoms with Crippen LogP contribution in [0.2, 0.25) is 5.02 Å². The van der Waals surface area contributed by atoms with Gasteiger partial charge in [-0.15, -0.1) is 0 Å². The van der Waals surface area contributed by atoms with Gasteiger partial charge in [0.2, 0.25) is 0 Å². The number of nitrogens with zero attached hydrogens (tertiary/aromatic N) is 4. The molecule has 3 aromatic rings. The maximum Gasteiger partial charge on any atom is 0.272 e. The highest BCUT2D eigenvalue weighted by atomic mass is 35.5. The van der Waals surface area contributed by atoms with Crippen molar-refractivity contribution in [2.75, 3.05) is 32.7 Å². The van der Waals surface area contributed by atoms with Gasteiger partial charge in [0.15, 0.2) is 0 Å². The number of rotatable bonds is 7. The molecule has 2 aromatic carbocycles. The van der Waals surface area contributed by atoms with E-state index in [9.17, 15) is 14.0 Å². The van der Waals surface area contributed by atoms with Crippen molar-refractivity contribution in [2.24, 2.45) is 18.9 Å². The molecule has 1 N–H and O–H groups in total. The summed E-state index contributed by atoms with van der Waals surface area (Å²) in [7, 11) is 1.79. The van der Waals surface area contributed by atoms with Crippen LogP contribution in [0.1, 0.15) is 38.9 Å². The van der Waals surface area contributed by atoms with Crippen molar-refractivity contribution in [1.29, 1.82) is 0 Å². The van der Waals surface area contributed by atoms with E-state index in [0.717, 1.165) is 31.6 Å². The Labute approximate surface area is 214 Å². The summed E-state index contributed by atoms with van der Waals surface area (Å²) in [5.74, 6) is -0.411. The van der Waals surface area contributed by atoms with E-state index < -0.39 is 5.82 Å². The van der Waals surface area contributed by atoms with Gasteiger partial charge in [0.1, 0.15) is 11.5 Å². The molecule has 188 valence electrons. The normalized spacial score (nSPS) is 20.4. The van der Waals surface area contributed by atoms with Crippen LogP contribution in [0.3, 0.4) is 0 Å². The highest BCUT2D eigenvalue weighted by Crippen LogP contribution is 2.33. The minimum atomic E-state index is -0.578. The second-order valence-corrected chi connectivity index (χ2v) is 10.1. The van der Waals surface area contributed by atoms with Gasteiger partial charge in [-0.05, 0) is 42.0 Å². The number of benzene rings is 2. The molecule has 36 heavy (non-hydrogen) atoms. The molecule has 0 saturated carbocycles. The molecule has 2 fully saturated rings. The highest BCUT2D eigenvalue weighted by Gasteiger charge is 2.42. The van der Waals surface area contributed by atoms with E-state index in [-0.39, 0.29) is 28.4 Å². The first-order chi connectivity index (χ1) is 17.4. The SMILES string of the molecule is Cn1ccc(C(=O)N[C@@H](CCN2CC3CN(C(=O)c4c(F)cccc4Cl)CC3C2)c2ccccc2)n1. The summed E-state index contributed by atoms with van der Waals surface area (Å²) in [5.41, 5.74) is 1.42. The molecule has 7 nitrogen and oxygen atoms in total. The smallest absolute Gasteiger partial charge is 0.272 e. The molecule has 0 aliphatic carbocycles. The van der Waals surface area contributed by atoms with Crippen molar-refractivity contribution < 1.29 is 14.0 Å². The van der Waals surface area contributed by atoms with Crippen LogP contribution in [0.15, 0.2) is 60.8 Å². The van der Waals surface area contributed by atoms with Gasteiger partial charge in [-0.3, -0.25) is 14.3 Å². The van der Waals surface area contributed by atoms with Crippen LogP contribution in [-0.4, -0.2) is 64.1 Å². The number of halogens is 2. The summed E-state index contributed by atoms with van der Waals surface area (Å²) >= 11 is 6.11. The first-order valence-corrected chi connectivity index (χ1v) is 12.6. The van der Waals surface area contributed by atoms with Crippen molar-refractivity contribution in [1.82, 2.24) is 24.9 Å². The molecule has 1 aromatic heterocycles. The number of aryl methyl sites for hydroxylation is 1. The monoisotopic (exact) mass is 509 g/mol. The quantitative estimate of drug-likeness (QED) is 0.526. The summed E-state index contributed by atoms with van der Waals surface area (Å²) in [6, 6.07) is 15.9. The lowest BCUT2D eigenvalue weighted by Crippen LogP contribution is -2.35. The predicted octanol–water partition coefficient (Wildman–Crippen LogP) is 3.78. The van der Waals surface area contributed by atoms with E-state index in [4.69, 9.17) is 11.6 Å². The van der Waals surface area contributed by atoms with E-state index in [1.54, 1.807) is 35.0 Å². The molecule has 0 bridgehead atoms. The fourth-order valence-corrected chi connectivity index (χ4v) is 5.63. The Kier molecular flexibility index (Phi) is 7.07. The molecule has 2 aliphatic heterocycles. The van der Waals surface area contributed by atoms with E-state index in [1.807, 2.05) is 30.3 Å². The van der Waals surface area contributed by atoms with Gasteiger partial charge in [-0.1, -0.05) is 48.0 Å². The topological polar surface area (TPSA) is 70.5 Å². The van der Waals surface area contributed by atoms with E-state index in [0.29, 0.717) is 30.6 Å². The third-order valence-corrected chi connectivity index (χ3v) is 7.53. The molecule has 2 amide bonds. The first kappa shape index (κ1) is 24.5. The molecule has 9 heteroatoms. The number of nitrogens with one attached hydrogen (secondary N) is 1. The number of carbonyl (C=O) groups is 2. The number of hydrogen-bond donors (Lipinski definition) is 1. The third-order valence-electron chi connectivity index (χ3n) is 7.21. The van der Waals surface area contributed by atoms with Crippen LogP contribution in [0.5, 0.6) is 0 Å². The van der Waals surface area contributed by atoms with Crippen LogP contribution in [-0.2, 0) is 7.05 Å². The lowest BCUT2D eigenvalue weighted by atomic mass is 10.0. The van der Waals surface area contributed by atoms with Crippen LogP contribution < -0.4 is 5.32 Å². The summed E-state index contributed by atoms with van der Waals surface area (Å²) < 4.78 is 15.9. The Morgan fingerprint density at radius 3 is 2.42 bits per heavy atom. The van der Waals surface area contributed by atoms with Crippen LogP contribution in [0.25, 0.3) is 0 Å². The molecular weight excluding hydrogens is 481 g/mol. The molecular formula is C27H29ClFN5O2. The Morgan fingerprint density at radius 2 is 1.78 bits per heavy atom. The second kappa shape index (κ2) is 10.4. The number of aromatic nitrogens is 2. The van der Waals surface area contributed by atoms with Crippen molar-refractivity contribution in [3.05, 3.63) is 88.5 Å². The van der Waals surface area contributed by atoms with Crippen LogP contribution >= 0.6 is 11.6 Å². The zero-order chi connectivity index (χ0) is 25.2. The summed E-state index contributed by atoms with van der Waals surface area (Å²) in [4.78, 5) is 29.9. The number of fused-ring (bicyclic) bond motifs is 1. The Morgan fingerprint density at radius 1 is 1.06 bits per heavy atom. The van der Waals surface area contributed by atoms with Crippen molar-refractivity contribution in [2.45, 2.75) is 12.5 Å². The van der Waals surface area contributed by atoms with E-state index in [2.05, 4.69) is 15.3 Å². The minimum absolute atomic E-state index is 0.0367. The lowest BCUT2D eigenvalue weighted by molar-refractivity contribution is 0.0769. The molecule has 2 unspecified atom stereocenters. The zero-order valence-corrected chi connectivity index (χ0v) is 20.9. The molecule has 0 radical (unpaired) electrons. The Balaban J connectivity index is 1.19. The van der Waals surface area contributed by atoms with Gasteiger partial charge in [-0.2, -0.15) is 5.10 Å². The molecule has 3 heterocycles. The molecule has 3 atom stereocenters. The summed E-state index contributed by atoms with van der Waals surface area (Å²) in [6.07, 6.45) is 2.51. The fraction of sp³-hybridized carbons (Fsp3) is 0.370. The average molecular weight is 510 g/mol. The Hall–Kier alpha value is -3.23. The second-order valence-electron chi connectivity index (χ2n) is 9.69. The summed E-state index contributed by atoms with van der Waals surface area (Å²) in [5, 5.41) is 7.51. The standard InChI is InChI=1S/C27H29ClFN5O2/c1-32-12-10-24(31-32)26(35)30-23(18-6-3-2-4-7-18)11-13-33-14-19-16-34(17-20(19)15-33)27(36)25-21(28)8-5-9-22(25)29/h2-10,12,19-20,23H,11,13-17H2,1H3,(H,30,35)/t19?,20?,23-/m0/s1. The van der Waals surface area contributed by atoms with Gasteiger partial charge < -0.3 is 15.1 Å². The Bertz CT molecular complexity index is 1220. The minimum Gasteiger partial charge on any atom is -0.344 e. The fourth-order valence-electron chi connectivity index (χ4n) is 5.39. The number of amides is 2. The summed E-state index contributed by atoms with van der Waals surface area (Å²) in [6.45, 7) is 3.76. The van der Waals surface area contributed by atoms with E-state index in [1.165, 1.54) is 12.1 Å².